The molecule has 0 saturated carbocycles. The zero-order valence-electron chi connectivity index (χ0n) is 10.8. The molecule has 0 saturated heterocycles. The van der Waals surface area contributed by atoms with E-state index in [9.17, 15) is 0 Å². The van der Waals surface area contributed by atoms with Crippen molar-refractivity contribution in [3.63, 3.8) is 0 Å². The van der Waals surface area contributed by atoms with Crippen molar-refractivity contribution in [2.24, 2.45) is 0 Å². The second kappa shape index (κ2) is 7.13. The fraction of sp³-hybridized carbons (Fsp3) is 0.231. The maximum atomic E-state index is 6.13. The van der Waals surface area contributed by atoms with Crippen molar-refractivity contribution >= 4 is 40.8 Å². The second-order valence-electron chi connectivity index (χ2n) is 3.86. The maximum Gasteiger partial charge on any atom is 0.157 e. The number of anilines is 1. The lowest BCUT2D eigenvalue weighted by molar-refractivity contribution is 0.128. The first kappa shape index (κ1) is 15.4. The van der Waals surface area contributed by atoms with Gasteiger partial charge < -0.3 is 10.5 Å². The van der Waals surface area contributed by atoms with E-state index >= 15 is 0 Å². The number of aromatic nitrogens is 2. The average Bonchev–Trinajstić information content (AvgIpc) is 2.40. The van der Waals surface area contributed by atoms with Gasteiger partial charge in [-0.3, -0.25) is 0 Å². The number of halogens is 2. The molecule has 2 rings (SSSR count). The van der Waals surface area contributed by atoms with Gasteiger partial charge in [-0.05, 0) is 25.1 Å². The third-order valence-corrected chi connectivity index (χ3v) is 3.96. The molecule has 2 N–H and O–H groups in total. The van der Waals surface area contributed by atoms with Crippen LogP contribution >= 0.6 is 35.0 Å². The first-order chi connectivity index (χ1) is 9.58. The fourth-order valence-electron chi connectivity index (χ4n) is 1.47. The van der Waals surface area contributed by atoms with Crippen molar-refractivity contribution in [1.82, 2.24) is 9.97 Å². The predicted molar refractivity (Wildman–Crippen MR) is 82.4 cm³/mol. The molecular formula is C13H13Cl2N3OS. The maximum absolute atomic E-state index is 6.13. The molecule has 0 bridgehead atoms. The molecule has 0 fully saturated rings. The summed E-state index contributed by atoms with van der Waals surface area (Å²) >= 11 is 13.5. The van der Waals surface area contributed by atoms with Gasteiger partial charge in [-0.25, -0.2) is 9.97 Å². The van der Waals surface area contributed by atoms with Crippen molar-refractivity contribution in [1.29, 1.82) is 0 Å². The molecule has 0 radical (unpaired) electrons. The van der Waals surface area contributed by atoms with E-state index in [1.54, 1.807) is 24.3 Å². The summed E-state index contributed by atoms with van der Waals surface area (Å²) in [5.74, 6) is 0.947. The molecule has 0 aliphatic rings. The molecular weight excluding hydrogens is 317 g/mol. The van der Waals surface area contributed by atoms with Gasteiger partial charge in [0.05, 0.1) is 5.02 Å². The highest BCUT2D eigenvalue weighted by atomic mass is 35.5. The largest absolute Gasteiger partial charge is 0.384 e. The molecule has 106 valence electrons. The number of nitrogens with zero attached hydrogens (tertiary/aromatic N) is 2. The molecule has 4 nitrogen and oxygen atoms in total. The van der Waals surface area contributed by atoms with Gasteiger partial charge in [0.2, 0.25) is 0 Å². The molecule has 0 unspecified atom stereocenters. The Morgan fingerprint density at radius 3 is 2.80 bits per heavy atom. The minimum atomic E-state index is 0.332. The van der Waals surface area contributed by atoms with Crippen LogP contribution in [0, 0.1) is 0 Å². The van der Waals surface area contributed by atoms with Crippen molar-refractivity contribution in [2.75, 3.05) is 12.3 Å². The van der Waals surface area contributed by atoms with Gasteiger partial charge in [-0.1, -0.05) is 35.0 Å². The zero-order valence-corrected chi connectivity index (χ0v) is 13.1. The minimum Gasteiger partial charge on any atom is -0.384 e. The number of benzene rings is 1. The van der Waals surface area contributed by atoms with Gasteiger partial charge in [0.25, 0.3) is 0 Å². The molecule has 1 aromatic heterocycles. The Hall–Kier alpha value is -1.01. The highest BCUT2D eigenvalue weighted by molar-refractivity contribution is 7.99. The fourth-order valence-corrected chi connectivity index (χ4v) is 2.85. The van der Waals surface area contributed by atoms with E-state index in [2.05, 4.69) is 9.97 Å². The van der Waals surface area contributed by atoms with Gasteiger partial charge in [0, 0.05) is 22.6 Å². The Bertz CT molecular complexity index is 610. The van der Waals surface area contributed by atoms with Crippen LogP contribution in [0.2, 0.25) is 10.0 Å². The molecule has 0 amide bonds. The van der Waals surface area contributed by atoms with Crippen LogP contribution in [0.1, 0.15) is 12.7 Å². The first-order valence-electron chi connectivity index (χ1n) is 5.92. The van der Waals surface area contributed by atoms with Gasteiger partial charge in [-0.2, -0.15) is 0 Å². The van der Waals surface area contributed by atoms with E-state index in [1.165, 1.54) is 11.8 Å². The number of hydrogen-bond donors (Lipinski definition) is 1. The number of nitrogens with two attached hydrogens (primary N) is 1. The molecule has 0 atom stereocenters. The number of rotatable bonds is 5. The Balaban J connectivity index is 2.24. The van der Waals surface area contributed by atoms with Gasteiger partial charge in [-0.15, -0.1) is 0 Å². The molecule has 0 aliphatic heterocycles. The predicted octanol–water partition coefficient (Wildman–Crippen LogP) is 4.05. The standard InChI is InChI=1S/C13H13Cl2N3OS/c1-2-19-7-12-17-11(16)6-13(18-12)20-10-5-8(14)3-4-9(10)15/h3-6H,2,7H2,1H3,(H2,16,17,18). The summed E-state index contributed by atoms with van der Waals surface area (Å²) in [4.78, 5) is 9.32. The normalized spacial score (nSPS) is 10.8. The Morgan fingerprint density at radius 1 is 1.25 bits per heavy atom. The first-order valence-corrected chi connectivity index (χ1v) is 7.50. The smallest absolute Gasteiger partial charge is 0.157 e. The summed E-state index contributed by atoms with van der Waals surface area (Å²) < 4.78 is 5.29. The Labute approximate surface area is 131 Å². The van der Waals surface area contributed by atoms with E-state index < -0.39 is 0 Å². The second-order valence-corrected chi connectivity index (χ2v) is 5.77. The van der Waals surface area contributed by atoms with Crippen molar-refractivity contribution in [2.45, 2.75) is 23.5 Å². The Morgan fingerprint density at radius 2 is 2.05 bits per heavy atom. The van der Waals surface area contributed by atoms with Gasteiger partial charge in [0.15, 0.2) is 5.82 Å². The number of hydrogen-bond acceptors (Lipinski definition) is 5. The lowest BCUT2D eigenvalue weighted by atomic mass is 10.4. The third-order valence-electron chi connectivity index (χ3n) is 2.31. The molecule has 0 spiro atoms. The summed E-state index contributed by atoms with van der Waals surface area (Å²) in [6, 6.07) is 6.97. The molecule has 20 heavy (non-hydrogen) atoms. The lowest BCUT2D eigenvalue weighted by Gasteiger charge is -2.07. The third kappa shape index (κ3) is 4.24. The molecule has 7 heteroatoms. The molecule has 0 aliphatic carbocycles. The topological polar surface area (TPSA) is 61.0 Å². The quantitative estimate of drug-likeness (QED) is 0.838. The summed E-state index contributed by atoms with van der Waals surface area (Å²) in [5.41, 5.74) is 5.77. The lowest BCUT2D eigenvalue weighted by Crippen LogP contribution is -2.03. The van der Waals surface area contributed by atoms with Crippen molar-refractivity contribution in [3.8, 4) is 0 Å². The van der Waals surface area contributed by atoms with E-state index in [1.807, 2.05) is 6.92 Å². The highest BCUT2D eigenvalue weighted by Gasteiger charge is 2.08. The molecule has 2 aromatic rings. The minimum absolute atomic E-state index is 0.332. The van der Waals surface area contributed by atoms with E-state index in [0.717, 1.165) is 4.90 Å². The van der Waals surface area contributed by atoms with Crippen LogP contribution in [0.3, 0.4) is 0 Å². The van der Waals surface area contributed by atoms with Gasteiger partial charge in [0.1, 0.15) is 17.5 Å². The average molecular weight is 330 g/mol. The number of ether oxygens (including phenoxy) is 1. The van der Waals surface area contributed by atoms with Crippen LogP contribution in [-0.4, -0.2) is 16.6 Å². The number of nitrogen functional groups attached to an aromatic ring is 1. The monoisotopic (exact) mass is 329 g/mol. The zero-order chi connectivity index (χ0) is 14.5. The van der Waals surface area contributed by atoms with E-state index in [0.29, 0.717) is 39.9 Å². The summed E-state index contributed by atoms with van der Waals surface area (Å²) in [6.07, 6.45) is 0. The van der Waals surface area contributed by atoms with Crippen LogP contribution in [0.25, 0.3) is 0 Å². The molecule has 1 heterocycles. The van der Waals surface area contributed by atoms with Crippen LogP contribution < -0.4 is 5.73 Å². The molecule has 1 aromatic carbocycles. The van der Waals surface area contributed by atoms with Gasteiger partial charge >= 0.3 is 0 Å². The van der Waals surface area contributed by atoms with Crippen molar-refractivity contribution in [3.05, 3.63) is 40.1 Å². The van der Waals surface area contributed by atoms with Crippen molar-refractivity contribution < 1.29 is 4.74 Å². The van der Waals surface area contributed by atoms with Crippen LogP contribution in [0.5, 0.6) is 0 Å². The Kier molecular flexibility index (Phi) is 5.48. The van der Waals surface area contributed by atoms with E-state index in [-0.39, 0.29) is 0 Å². The summed E-state index contributed by atoms with van der Waals surface area (Å²) in [6.45, 7) is 2.84. The highest BCUT2D eigenvalue weighted by Crippen LogP contribution is 2.34. The van der Waals surface area contributed by atoms with Crippen LogP contribution in [0.15, 0.2) is 34.2 Å². The summed E-state index contributed by atoms with van der Waals surface area (Å²) in [7, 11) is 0. The summed E-state index contributed by atoms with van der Waals surface area (Å²) in [5, 5.41) is 1.94. The van der Waals surface area contributed by atoms with Crippen LogP contribution in [0.4, 0.5) is 5.82 Å². The SMILES string of the molecule is CCOCc1nc(N)cc(Sc2cc(Cl)ccc2Cl)n1. The van der Waals surface area contributed by atoms with Crippen LogP contribution in [-0.2, 0) is 11.3 Å². The van der Waals surface area contributed by atoms with E-state index in [4.69, 9.17) is 33.7 Å².